The van der Waals surface area contributed by atoms with Crippen LogP contribution in [0.25, 0.3) is 21.5 Å². The zero-order valence-electron chi connectivity index (χ0n) is 9.65. The summed E-state index contributed by atoms with van der Waals surface area (Å²) in [7, 11) is 0. The first-order valence-corrected chi connectivity index (χ1v) is 7.05. The fourth-order valence-electron chi connectivity index (χ4n) is 2.21. The van der Waals surface area contributed by atoms with Crippen molar-refractivity contribution >= 4 is 44.1 Å². The van der Waals surface area contributed by atoms with Gasteiger partial charge in [0.2, 0.25) is 0 Å². The van der Waals surface area contributed by atoms with Crippen molar-refractivity contribution in [2.24, 2.45) is 0 Å². The maximum atomic E-state index is 2.46. The number of halogens is 1. The van der Waals surface area contributed by atoms with Crippen molar-refractivity contribution in [1.29, 1.82) is 0 Å². The van der Waals surface area contributed by atoms with Crippen LogP contribution in [0.3, 0.4) is 0 Å². The van der Waals surface area contributed by atoms with Crippen molar-refractivity contribution in [3.05, 3.63) is 60.2 Å². The van der Waals surface area contributed by atoms with E-state index in [9.17, 15) is 0 Å². The molecule has 1 heteroatoms. The predicted octanol–water partition coefficient (Wildman–Crippen LogP) is 5.49. The van der Waals surface area contributed by atoms with Gasteiger partial charge in [0, 0.05) is 3.92 Å². The van der Waals surface area contributed by atoms with Crippen LogP contribution >= 0.6 is 22.6 Å². The van der Waals surface area contributed by atoms with Gasteiger partial charge in [0.05, 0.1) is 0 Å². The Morgan fingerprint density at radius 2 is 1.35 bits per heavy atom. The molecule has 3 rings (SSSR count). The average Bonchev–Trinajstić information content (AvgIpc) is 2.35. The van der Waals surface area contributed by atoms with Gasteiger partial charge in [-0.25, -0.2) is 0 Å². The molecule has 0 bridgehead atoms. The molecular formula is C16H13I. The zero-order valence-corrected chi connectivity index (χ0v) is 11.8. The van der Waals surface area contributed by atoms with E-state index < -0.39 is 0 Å². The van der Waals surface area contributed by atoms with E-state index in [0.717, 1.165) is 0 Å². The molecule has 3 aromatic carbocycles. The van der Waals surface area contributed by atoms with E-state index in [1.165, 1.54) is 27.1 Å². The number of rotatable bonds is 1. The number of benzene rings is 3. The van der Waals surface area contributed by atoms with Gasteiger partial charge in [-0.1, -0.05) is 65.1 Å². The third-order valence-electron chi connectivity index (χ3n) is 3.19. The highest BCUT2D eigenvalue weighted by molar-refractivity contribution is 14.1. The summed E-state index contributed by atoms with van der Waals surface area (Å²) in [5.74, 6) is 0. The molecule has 0 heterocycles. The molecule has 84 valence electrons. The second-order valence-electron chi connectivity index (χ2n) is 4.42. The van der Waals surface area contributed by atoms with Crippen molar-refractivity contribution in [2.75, 3.05) is 0 Å². The fraction of sp³-hybridized carbons (Fsp3) is 0.125. The second kappa shape index (κ2) is 4.30. The molecule has 0 aliphatic heterocycles. The van der Waals surface area contributed by atoms with Crippen molar-refractivity contribution in [2.45, 2.75) is 10.8 Å². The first-order chi connectivity index (χ1) is 8.24. The van der Waals surface area contributed by atoms with E-state index in [1.807, 2.05) is 0 Å². The van der Waals surface area contributed by atoms with Gasteiger partial charge >= 0.3 is 0 Å². The van der Waals surface area contributed by atoms with E-state index in [-0.39, 0.29) is 0 Å². The highest BCUT2D eigenvalue weighted by atomic mass is 127. The Bertz CT molecular complexity index is 683. The summed E-state index contributed by atoms with van der Waals surface area (Å²) in [5.41, 5.74) is 1.40. The Morgan fingerprint density at radius 1 is 0.765 bits per heavy atom. The lowest BCUT2D eigenvalue weighted by Gasteiger charge is -2.07. The van der Waals surface area contributed by atoms with Crippen LogP contribution < -0.4 is 0 Å². The number of alkyl halides is 1. The average molecular weight is 332 g/mol. The number of fused-ring (bicyclic) bond motifs is 2. The van der Waals surface area contributed by atoms with Gasteiger partial charge in [0.1, 0.15) is 0 Å². The summed E-state index contributed by atoms with van der Waals surface area (Å²) in [6.45, 7) is 2.22. The quantitative estimate of drug-likeness (QED) is 0.314. The molecule has 3 aromatic rings. The first-order valence-electron chi connectivity index (χ1n) is 5.80. The van der Waals surface area contributed by atoms with Gasteiger partial charge in [-0.05, 0) is 46.2 Å². The topological polar surface area (TPSA) is 0 Å². The van der Waals surface area contributed by atoms with E-state index in [0.29, 0.717) is 3.92 Å². The standard InChI is InChI=1S/C16H13I/c1-11(17)12-6-7-15-9-13-4-2-3-5-14(13)10-16(15)8-12/h2-11H,1H3. The molecule has 0 radical (unpaired) electrons. The van der Waals surface area contributed by atoms with Gasteiger partial charge < -0.3 is 0 Å². The van der Waals surface area contributed by atoms with Gasteiger partial charge in [-0.15, -0.1) is 0 Å². The normalized spacial score (nSPS) is 13.1. The van der Waals surface area contributed by atoms with Crippen molar-refractivity contribution in [3.63, 3.8) is 0 Å². The van der Waals surface area contributed by atoms with Crippen LogP contribution in [0.15, 0.2) is 54.6 Å². The Hall–Kier alpha value is -1.09. The van der Waals surface area contributed by atoms with Gasteiger partial charge in [0.15, 0.2) is 0 Å². The lowest BCUT2D eigenvalue weighted by atomic mass is 10.0. The van der Waals surface area contributed by atoms with Crippen LogP contribution in [0, 0.1) is 0 Å². The van der Waals surface area contributed by atoms with Crippen LogP contribution in [0.4, 0.5) is 0 Å². The molecule has 0 aliphatic carbocycles. The minimum atomic E-state index is 0.559. The van der Waals surface area contributed by atoms with Crippen LogP contribution in [0.5, 0.6) is 0 Å². The van der Waals surface area contributed by atoms with Crippen LogP contribution in [0.1, 0.15) is 16.4 Å². The Labute approximate surface area is 115 Å². The predicted molar refractivity (Wildman–Crippen MR) is 83.9 cm³/mol. The van der Waals surface area contributed by atoms with Crippen molar-refractivity contribution in [1.82, 2.24) is 0 Å². The number of hydrogen-bond donors (Lipinski definition) is 0. The molecule has 1 atom stereocenters. The van der Waals surface area contributed by atoms with E-state index in [4.69, 9.17) is 0 Å². The molecule has 17 heavy (non-hydrogen) atoms. The van der Waals surface area contributed by atoms with Gasteiger partial charge in [-0.3, -0.25) is 0 Å². The van der Waals surface area contributed by atoms with E-state index >= 15 is 0 Å². The molecule has 0 aromatic heterocycles. The summed E-state index contributed by atoms with van der Waals surface area (Å²) in [6.07, 6.45) is 0. The van der Waals surface area contributed by atoms with Crippen LogP contribution in [-0.2, 0) is 0 Å². The third kappa shape index (κ3) is 2.04. The summed E-state index contributed by atoms with van der Waals surface area (Å²) >= 11 is 2.46. The SMILES string of the molecule is CC(I)c1ccc2cc3ccccc3cc2c1. The van der Waals surface area contributed by atoms with E-state index in [1.54, 1.807) is 0 Å². The summed E-state index contributed by atoms with van der Waals surface area (Å²) < 4.78 is 0.559. The summed E-state index contributed by atoms with van der Waals surface area (Å²) in [5, 5.41) is 5.29. The summed E-state index contributed by atoms with van der Waals surface area (Å²) in [6, 6.07) is 19.9. The zero-order chi connectivity index (χ0) is 11.8. The van der Waals surface area contributed by atoms with Gasteiger partial charge in [-0.2, -0.15) is 0 Å². The lowest BCUT2D eigenvalue weighted by Crippen LogP contribution is -1.84. The Kier molecular flexibility index (Phi) is 2.79. The fourth-order valence-corrected chi connectivity index (χ4v) is 2.59. The minimum Gasteiger partial charge on any atom is -0.0777 e. The maximum Gasteiger partial charge on any atom is 0.0331 e. The highest BCUT2D eigenvalue weighted by Crippen LogP contribution is 2.28. The van der Waals surface area contributed by atoms with Crippen molar-refractivity contribution < 1.29 is 0 Å². The first kappa shape index (κ1) is 11.0. The smallest absolute Gasteiger partial charge is 0.0331 e. The molecule has 0 N–H and O–H groups in total. The Morgan fingerprint density at radius 3 is 2.00 bits per heavy atom. The molecule has 1 unspecified atom stereocenters. The minimum absolute atomic E-state index is 0.559. The molecule has 0 fully saturated rings. The largest absolute Gasteiger partial charge is 0.0777 e. The molecule has 0 amide bonds. The summed E-state index contributed by atoms with van der Waals surface area (Å²) in [4.78, 5) is 0. The van der Waals surface area contributed by atoms with Crippen LogP contribution in [0.2, 0.25) is 0 Å². The van der Waals surface area contributed by atoms with Gasteiger partial charge in [0.25, 0.3) is 0 Å². The number of hydrogen-bond acceptors (Lipinski definition) is 0. The highest BCUT2D eigenvalue weighted by Gasteiger charge is 2.03. The third-order valence-corrected chi connectivity index (χ3v) is 3.91. The molecule has 0 spiro atoms. The molecular weight excluding hydrogens is 319 g/mol. The lowest BCUT2D eigenvalue weighted by molar-refractivity contribution is 1.15. The second-order valence-corrected chi connectivity index (χ2v) is 6.29. The Balaban J connectivity index is 2.32. The molecule has 0 nitrogen and oxygen atoms in total. The van der Waals surface area contributed by atoms with Crippen molar-refractivity contribution in [3.8, 4) is 0 Å². The van der Waals surface area contributed by atoms with E-state index in [2.05, 4.69) is 84.1 Å². The molecule has 0 saturated heterocycles. The van der Waals surface area contributed by atoms with Crippen LogP contribution in [-0.4, -0.2) is 0 Å². The molecule has 0 aliphatic rings. The maximum absolute atomic E-state index is 2.46. The molecule has 0 saturated carbocycles. The monoisotopic (exact) mass is 332 g/mol.